The number of sulfonamides is 1. The van der Waals surface area contributed by atoms with Gasteiger partial charge in [-0.3, -0.25) is 13.9 Å². The number of aryl methyl sites for hydroxylation is 1. The van der Waals surface area contributed by atoms with E-state index >= 15 is 0 Å². The first-order chi connectivity index (χ1) is 19.5. The van der Waals surface area contributed by atoms with E-state index < -0.39 is 34.3 Å². The number of anilines is 1. The Morgan fingerprint density at radius 2 is 1.66 bits per heavy atom. The van der Waals surface area contributed by atoms with Gasteiger partial charge in [-0.2, -0.15) is 0 Å². The minimum Gasteiger partial charge on any atom is -0.352 e. The van der Waals surface area contributed by atoms with Gasteiger partial charge < -0.3 is 10.2 Å². The van der Waals surface area contributed by atoms with E-state index in [0.29, 0.717) is 0 Å². The third-order valence-corrected chi connectivity index (χ3v) is 9.64. The zero-order valence-corrected chi connectivity index (χ0v) is 25.6. The molecule has 0 radical (unpaired) electrons. The normalized spacial score (nSPS) is 14.7. The van der Waals surface area contributed by atoms with Crippen LogP contribution in [0.4, 0.5) is 10.1 Å². The molecule has 10 heteroatoms. The molecule has 0 heterocycles. The van der Waals surface area contributed by atoms with Gasteiger partial charge in [0.1, 0.15) is 18.4 Å². The van der Waals surface area contributed by atoms with Gasteiger partial charge in [-0.15, -0.1) is 0 Å². The van der Waals surface area contributed by atoms with Crippen molar-refractivity contribution in [2.45, 2.75) is 69.5 Å². The molecule has 1 aliphatic rings. The molecule has 0 bridgehead atoms. The Bertz CT molecular complexity index is 1460. The summed E-state index contributed by atoms with van der Waals surface area (Å²) in [5.41, 5.74) is 1.80. The van der Waals surface area contributed by atoms with Gasteiger partial charge in [-0.1, -0.05) is 65.0 Å². The van der Waals surface area contributed by atoms with Gasteiger partial charge in [-0.25, -0.2) is 12.8 Å². The van der Waals surface area contributed by atoms with E-state index in [9.17, 15) is 22.4 Å². The van der Waals surface area contributed by atoms with Crippen LogP contribution < -0.4 is 9.62 Å². The van der Waals surface area contributed by atoms with E-state index in [1.165, 1.54) is 29.2 Å². The highest BCUT2D eigenvalue weighted by Crippen LogP contribution is 2.26. The lowest BCUT2D eigenvalue weighted by Gasteiger charge is -2.33. The molecule has 1 atom stereocenters. The van der Waals surface area contributed by atoms with Crippen LogP contribution in [0.15, 0.2) is 82.2 Å². The van der Waals surface area contributed by atoms with Crippen LogP contribution in [-0.2, 0) is 26.2 Å². The van der Waals surface area contributed by atoms with Crippen LogP contribution in [0.25, 0.3) is 0 Å². The van der Waals surface area contributed by atoms with E-state index in [1.54, 1.807) is 19.1 Å². The van der Waals surface area contributed by atoms with Gasteiger partial charge in [0.25, 0.3) is 10.0 Å². The molecule has 0 saturated heterocycles. The summed E-state index contributed by atoms with van der Waals surface area (Å²) in [4.78, 5) is 28.8. The standard InChI is InChI=1S/C31H35BrFN3O4S/c1-22-11-17-29(18-12-22)41(39,40)36(28-15-13-26(33)14-16-28)21-30(37)35(20-24-7-6-8-25(32)19-24)23(2)31(38)34-27-9-4-3-5-10-27/h6-8,11-19,23,27H,3-5,9-10,20-21H2,1-2H3,(H,34,38)/t23-/m1/s1. The number of carbonyl (C=O) groups excluding carboxylic acids is 2. The first kappa shape index (κ1) is 30.7. The maximum Gasteiger partial charge on any atom is 0.264 e. The summed E-state index contributed by atoms with van der Waals surface area (Å²) in [7, 11) is -4.21. The predicted molar refractivity (Wildman–Crippen MR) is 161 cm³/mol. The summed E-state index contributed by atoms with van der Waals surface area (Å²) in [5, 5.41) is 3.09. The second kappa shape index (κ2) is 13.6. The predicted octanol–water partition coefficient (Wildman–Crippen LogP) is 5.96. The van der Waals surface area contributed by atoms with Crippen molar-refractivity contribution >= 4 is 43.5 Å². The van der Waals surface area contributed by atoms with Crippen molar-refractivity contribution in [3.8, 4) is 0 Å². The van der Waals surface area contributed by atoms with Crippen molar-refractivity contribution in [1.82, 2.24) is 10.2 Å². The van der Waals surface area contributed by atoms with Gasteiger partial charge in [0.2, 0.25) is 11.8 Å². The third-order valence-electron chi connectivity index (χ3n) is 7.36. The maximum absolute atomic E-state index is 14.0. The van der Waals surface area contributed by atoms with Crippen LogP contribution in [0.2, 0.25) is 0 Å². The van der Waals surface area contributed by atoms with Crippen molar-refractivity contribution in [1.29, 1.82) is 0 Å². The van der Waals surface area contributed by atoms with Crippen LogP contribution in [0, 0.1) is 12.7 Å². The Kier molecular flexibility index (Phi) is 10.2. The van der Waals surface area contributed by atoms with Crippen LogP contribution in [0.1, 0.15) is 50.2 Å². The smallest absolute Gasteiger partial charge is 0.264 e. The monoisotopic (exact) mass is 643 g/mol. The number of nitrogens with one attached hydrogen (secondary N) is 1. The highest BCUT2D eigenvalue weighted by Gasteiger charge is 2.33. The average molecular weight is 645 g/mol. The number of carbonyl (C=O) groups is 2. The Balaban J connectivity index is 1.67. The summed E-state index contributed by atoms with van der Waals surface area (Å²) in [5.74, 6) is -1.37. The van der Waals surface area contributed by atoms with Gasteiger partial charge in [0.15, 0.2) is 0 Å². The molecule has 0 aromatic heterocycles. The van der Waals surface area contributed by atoms with E-state index in [4.69, 9.17) is 0 Å². The van der Waals surface area contributed by atoms with Gasteiger partial charge in [-0.05, 0) is 80.8 Å². The lowest BCUT2D eigenvalue weighted by molar-refractivity contribution is -0.139. The van der Waals surface area contributed by atoms with Gasteiger partial charge >= 0.3 is 0 Å². The summed E-state index contributed by atoms with van der Waals surface area (Å²) >= 11 is 3.45. The molecule has 1 aliphatic carbocycles. The lowest BCUT2D eigenvalue weighted by atomic mass is 9.95. The topological polar surface area (TPSA) is 86.8 Å². The van der Waals surface area contributed by atoms with E-state index in [-0.39, 0.29) is 29.1 Å². The van der Waals surface area contributed by atoms with Crippen molar-refractivity contribution < 1.29 is 22.4 Å². The molecule has 41 heavy (non-hydrogen) atoms. The number of benzene rings is 3. The molecular weight excluding hydrogens is 609 g/mol. The Morgan fingerprint density at radius 1 is 1.00 bits per heavy atom. The second-order valence-corrected chi connectivity index (χ2v) is 13.3. The lowest BCUT2D eigenvalue weighted by Crippen LogP contribution is -2.53. The first-order valence-corrected chi connectivity index (χ1v) is 16.0. The number of hydrogen-bond donors (Lipinski definition) is 1. The highest BCUT2D eigenvalue weighted by molar-refractivity contribution is 9.10. The highest BCUT2D eigenvalue weighted by atomic mass is 79.9. The molecule has 1 N–H and O–H groups in total. The van der Waals surface area contributed by atoms with Crippen molar-refractivity contribution in [2.24, 2.45) is 0 Å². The number of rotatable bonds is 10. The van der Waals surface area contributed by atoms with E-state index in [2.05, 4.69) is 21.2 Å². The van der Waals surface area contributed by atoms with Gasteiger partial charge in [0, 0.05) is 17.1 Å². The van der Waals surface area contributed by atoms with E-state index in [1.807, 2.05) is 31.2 Å². The fourth-order valence-corrected chi connectivity index (χ4v) is 6.82. The Morgan fingerprint density at radius 3 is 2.29 bits per heavy atom. The average Bonchev–Trinajstić information content (AvgIpc) is 2.95. The molecule has 0 unspecified atom stereocenters. The molecule has 7 nitrogen and oxygen atoms in total. The van der Waals surface area contributed by atoms with Crippen LogP contribution >= 0.6 is 15.9 Å². The molecule has 0 aliphatic heterocycles. The number of hydrogen-bond acceptors (Lipinski definition) is 4. The van der Waals surface area contributed by atoms with Crippen molar-refractivity contribution in [3.05, 3.63) is 94.2 Å². The summed E-state index contributed by atoms with van der Waals surface area (Å²) in [6.07, 6.45) is 5.02. The van der Waals surface area contributed by atoms with Crippen LogP contribution in [0.5, 0.6) is 0 Å². The summed E-state index contributed by atoms with van der Waals surface area (Å²) in [6, 6.07) is 17.8. The number of nitrogens with zero attached hydrogens (tertiary/aromatic N) is 2. The Hall–Kier alpha value is -3.24. The molecule has 4 rings (SSSR count). The molecule has 1 saturated carbocycles. The van der Waals surface area contributed by atoms with Gasteiger partial charge in [0.05, 0.1) is 10.6 Å². The zero-order chi connectivity index (χ0) is 29.6. The minimum absolute atomic E-state index is 0.00172. The first-order valence-electron chi connectivity index (χ1n) is 13.7. The number of amides is 2. The fraction of sp³-hybridized carbons (Fsp3) is 0.355. The SMILES string of the molecule is Cc1ccc(S(=O)(=O)N(CC(=O)N(Cc2cccc(Br)c2)[C@H](C)C(=O)NC2CCCCC2)c2ccc(F)cc2)cc1. The molecule has 3 aromatic rings. The summed E-state index contributed by atoms with van der Waals surface area (Å²) in [6.45, 7) is 3.03. The maximum atomic E-state index is 14.0. The molecule has 1 fully saturated rings. The van der Waals surface area contributed by atoms with Crippen LogP contribution in [0.3, 0.4) is 0 Å². The Labute approximate surface area is 249 Å². The van der Waals surface area contributed by atoms with Crippen molar-refractivity contribution in [3.63, 3.8) is 0 Å². The molecular formula is C31H35BrFN3O4S. The number of halogens is 2. The third kappa shape index (κ3) is 7.95. The summed E-state index contributed by atoms with van der Waals surface area (Å²) < 4.78 is 43.2. The zero-order valence-electron chi connectivity index (χ0n) is 23.2. The second-order valence-electron chi connectivity index (χ2n) is 10.5. The quantitative estimate of drug-likeness (QED) is 0.295. The minimum atomic E-state index is -4.21. The van der Waals surface area contributed by atoms with Crippen LogP contribution in [-0.4, -0.2) is 43.8 Å². The van der Waals surface area contributed by atoms with E-state index in [0.717, 1.165) is 64.1 Å². The molecule has 2 amide bonds. The van der Waals surface area contributed by atoms with Crippen molar-refractivity contribution in [2.75, 3.05) is 10.8 Å². The largest absolute Gasteiger partial charge is 0.352 e. The molecule has 3 aromatic carbocycles. The molecule has 218 valence electrons. The molecule has 0 spiro atoms. The fourth-order valence-electron chi connectivity index (χ4n) is 4.96.